The molecule has 0 saturated heterocycles. The Hall–Kier alpha value is -1.90. The fourth-order valence-corrected chi connectivity index (χ4v) is 3.21. The SMILES string of the molecule is CC(OC(=O)c1ccnc2ccccc12)C1CCCCC1. The molecule has 0 bridgehead atoms. The predicted octanol–water partition coefficient (Wildman–Crippen LogP) is 4.36. The molecule has 2 aromatic rings. The molecule has 0 radical (unpaired) electrons. The van der Waals surface area contributed by atoms with E-state index >= 15 is 0 Å². The number of para-hydroxylation sites is 1. The van der Waals surface area contributed by atoms with Gasteiger partial charge in [0, 0.05) is 11.6 Å². The van der Waals surface area contributed by atoms with Gasteiger partial charge in [0.1, 0.15) is 6.10 Å². The molecule has 3 rings (SSSR count). The van der Waals surface area contributed by atoms with Crippen LogP contribution >= 0.6 is 0 Å². The molecule has 3 heteroatoms. The first kappa shape index (κ1) is 14.1. The van der Waals surface area contributed by atoms with Gasteiger partial charge in [-0.05, 0) is 37.8 Å². The topological polar surface area (TPSA) is 39.2 Å². The number of pyridine rings is 1. The van der Waals surface area contributed by atoms with E-state index in [1.54, 1.807) is 12.3 Å². The van der Waals surface area contributed by atoms with Crippen LogP contribution in [0.1, 0.15) is 49.4 Å². The van der Waals surface area contributed by atoms with Crippen molar-refractivity contribution in [2.45, 2.75) is 45.1 Å². The number of fused-ring (bicyclic) bond motifs is 1. The minimum Gasteiger partial charge on any atom is -0.459 e. The molecule has 0 spiro atoms. The number of carbonyl (C=O) groups is 1. The van der Waals surface area contributed by atoms with Gasteiger partial charge in [0.15, 0.2) is 0 Å². The number of aromatic nitrogens is 1. The Bertz CT molecular complexity index is 627. The van der Waals surface area contributed by atoms with Crippen molar-refractivity contribution >= 4 is 16.9 Å². The quantitative estimate of drug-likeness (QED) is 0.786. The standard InChI is InChI=1S/C18H21NO2/c1-13(14-7-3-2-4-8-14)21-18(20)16-11-12-19-17-10-6-5-9-15(16)17/h5-6,9-14H,2-4,7-8H2,1H3. The van der Waals surface area contributed by atoms with Crippen LogP contribution in [0.4, 0.5) is 0 Å². The summed E-state index contributed by atoms with van der Waals surface area (Å²) in [6, 6.07) is 9.43. The zero-order valence-corrected chi connectivity index (χ0v) is 12.4. The molecular formula is C18H21NO2. The first-order valence-electron chi connectivity index (χ1n) is 7.80. The number of ether oxygens (including phenoxy) is 1. The van der Waals surface area contributed by atoms with Gasteiger partial charge in [0.2, 0.25) is 0 Å². The molecular weight excluding hydrogens is 262 g/mol. The lowest BCUT2D eigenvalue weighted by atomic mass is 9.86. The lowest BCUT2D eigenvalue weighted by molar-refractivity contribution is 0.0143. The van der Waals surface area contributed by atoms with E-state index in [9.17, 15) is 4.79 Å². The molecule has 3 nitrogen and oxygen atoms in total. The maximum absolute atomic E-state index is 12.5. The Morgan fingerprint density at radius 2 is 1.95 bits per heavy atom. The van der Waals surface area contributed by atoms with E-state index in [0.717, 1.165) is 10.9 Å². The van der Waals surface area contributed by atoms with E-state index in [4.69, 9.17) is 4.74 Å². The monoisotopic (exact) mass is 283 g/mol. The lowest BCUT2D eigenvalue weighted by Gasteiger charge is -2.27. The van der Waals surface area contributed by atoms with Crippen LogP contribution in [-0.2, 0) is 4.74 Å². The van der Waals surface area contributed by atoms with E-state index in [2.05, 4.69) is 4.98 Å². The molecule has 1 aliphatic carbocycles. The lowest BCUT2D eigenvalue weighted by Crippen LogP contribution is -2.26. The largest absolute Gasteiger partial charge is 0.459 e. The van der Waals surface area contributed by atoms with Crippen LogP contribution in [0, 0.1) is 5.92 Å². The molecule has 1 fully saturated rings. The summed E-state index contributed by atoms with van der Waals surface area (Å²) in [6.07, 6.45) is 7.83. The molecule has 1 heterocycles. The van der Waals surface area contributed by atoms with Crippen molar-refractivity contribution in [3.05, 3.63) is 42.1 Å². The van der Waals surface area contributed by atoms with Crippen LogP contribution in [0.25, 0.3) is 10.9 Å². The average molecular weight is 283 g/mol. The number of hydrogen-bond acceptors (Lipinski definition) is 3. The number of nitrogens with zero attached hydrogens (tertiary/aromatic N) is 1. The summed E-state index contributed by atoms with van der Waals surface area (Å²) < 4.78 is 5.72. The fraction of sp³-hybridized carbons (Fsp3) is 0.444. The third kappa shape index (κ3) is 3.07. The molecule has 1 unspecified atom stereocenters. The van der Waals surface area contributed by atoms with Gasteiger partial charge in [-0.1, -0.05) is 37.5 Å². The summed E-state index contributed by atoms with van der Waals surface area (Å²) in [6.45, 7) is 2.03. The fourth-order valence-electron chi connectivity index (χ4n) is 3.21. The predicted molar refractivity (Wildman–Crippen MR) is 83.2 cm³/mol. The van der Waals surface area contributed by atoms with Crippen LogP contribution in [0.2, 0.25) is 0 Å². The van der Waals surface area contributed by atoms with Crippen molar-refractivity contribution in [1.29, 1.82) is 0 Å². The Morgan fingerprint density at radius 1 is 1.19 bits per heavy atom. The minimum absolute atomic E-state index is 0.00951. The van der Waals surface area contributed by atoms with Gasteiger partial charge in [-0.2, -0.15) is 0 Å². The first-order valence-corrected chi connectivity index (χ1v) is 7.80. The molecule has 1 aromatic heterocycles. The molecule has 1 aromatic carbocycles. The second kappa shape index (κ2) is 6.25. The van der Waals surface area contributed by atoms with Crippen molar-refractivity contribution in [3.63, 3.8) is 0 Å². The number of rotatable bonds is 3. The maximum Gasteiger partial charge on any atom is 0.339 e. The van der Waals surface area contributed by atoms with Crippen molar-refractivity contribution in [2.24, 2.45) is 5.92 Å². The normalized spacial score (nSPS) is 17.6. The second-order valence-corrected chi connectivity index (χ2v) is 5.88. The highest BCUT2D eigenvalue weighted by atomic mass is 16.5. The van der Waals surface area contributed by atoms with Crippen LogP contribution in [0.5, 0.6) is 0 Å². The Morgan fingerprint density at radius 3 is 2.76 bits per heavy atom. The summed E-state index contributed by atoms with van der Waals surface area (Å²) >= 11 is 0. The van der Waals surface area contributed by atoms with Crippen molar-refractivity contribution in [1.82, 2.24) is 4.98 Å². The minimum atomic E-state index is -0.230. The van der Waals surface area contributed by atoms with Crippen molar-refractivity contribution in [3.8, 4) is 0 Å². The van der Waals surface area contributed by atoms with Crippen LogP contribution in [0.3, 0.4) is 0 Å². The van der Waals surface area contributed by atoms with E-state index < -0.39 is 0 Å². The van der Waals surface area contributed by atoms with Crippen molar-refractivity contribution < 1.29 is 9.53 Å². The molecule has 0 aliphatic heterocycles. The molecule has 110 valence electrons. The third-order valence-corrected chi connectivity index (χ3v) is 4.48. The zero-order valence-electron chi connectivity index (χ0n) is 12.4. The molecule has 1 saturated carbocycles. The molecule has 0 amide bonds. The number of hydrogen-bond donors (Lipinski definition) is 0. The van der Waals surface area contributed by atoms with E-state index in [1.807, 2.05) is 31.2 Å². The van der Waals surface area contributed by atoms with Crippen LogP contribution in [-0.4, -0.2) is 17.1 Å². The highest BCUT2D eigenvalue weighted by Gasteiger charge is 2.24. The average Bonchev–Trinajstić information content (AvgIpc) is 2.55. The van der Waals surface area contributed by atoms with Gasteiger partial charge in [0.25, 0.3) is 0 Å². The van der Waals surface area contributed by atoms with Gasteiger partial charge in [-0.15, -0.1) is 0 Å². The van der Waals surface area contributed by atoms with Crippen LogP contribution in [0.15, 0.2) is 36.5 Å². The van der Waals surface area contributed by atoms with E-state index in [0.29, 0.717) is 11.5 Å². The number of esters is 1. The summed E-state index contributed by atoms with van der Waals surface area (Å²) in [5, 5.41) is 0.862. The Kier molecular flexibility index (Phi) is 4.18. The molecule has 1 aliphatic rings. The van der Waals surface area contributed by atoms with Gasteiger partial charge in [-0.25, -0.2) is 4.79 Å². The second-order valence-electron chi connectivity index (χ2n) is 5.88. The third-order valence-electron chi connectivity index (χ3n) is 4.48. The molecule has 21 heavy (non-hydrogen) atoms. The summed E-state index contributed by atoms with van der Waals surface area (Å²) in [7, 11) is 0. The van der Waals surface area contributed by atoms with Crippen LogP contribution < -0.4 is 0 Å². The van der Waals surface area contributed by atoms with E-state index in [1.165, 1.54) is 32.1 Å². The summed E-state index contributed by atoms with van der Waals surface area (Å²) in [5.74, 6) is 0.280. The highest BCUT2D eigenvalue weighted by Crippen LogP contribution is 2.28. The number of carbonyl (C=O) groups excluding carboxylic acids is 1. The smallest absolute Gasteiger partial charge is 0.339 e. The Balaban J connectivity index is 1.77. The van der Waals surface area contributed by atoms with Gasteiger partial charge >= 0.3 is 5.97 Å². The molecule has 1 atom stereocenters. The molecule has 0 N–H and O–H groups in total. The zero-order chi connectivity index (χ0) is 14.7. The van der Waals surface area contributed by atoms with Crippen molar-refractivity contribution in [2.75, 3.05) is 0 Å². The first-order chi connectivity index (χ1) is 10.3. The van der Waals surface area contributed by atoms with Gasteiger partial charge in [0.05, 0.1) is 11.1 Å². The van der Waals surface area contributed by atoms with E-state index in [-0.39, 0.29) is 12.1 Å². The summed E-state index contributed by atoms with van der Waals surface area (Å²) in [5.41, 5.74) is 1.44. The maximum atomic E-state index is 12.5. The highest BCUT2D eigenvalue weighted by molar-refractivity contribution is 6.03. The summed E-state index contributed by atoms with van der Waals surface area (Å²) in [4.78, 5) is 16.7. The number of benzene rings is 1. The van der Waals surface area contributed by atoms with Gasteiger partial charge in [-0.3, -0.25) is 4.98 Å². The Labute approximate surface area is 125 Å². The van der Waals surface area contributed by atoms with Gasteiger partial charge < -0.3 is 4.74 Å².